The van der Waals surface area contributed by atoms with E-state index in [0.29, 0.717) is 46.2 Å². The van der Waals surface area contributed by atoms with E-state index in [2.05, 4.69) is 57.4 Å². The Labute approximate surface area is 464 Å². The quantitative estimate of drug-likeness (QED) is 0.0243. The predicted molar refractivity (Wildman–Crippen MR) is 307 cm³/mol. The van der Waals surface area contributed by atoms with Crippen molar-refractivity contribution in [2.24, 2.45) is 5.73 Å². The molecule has 0 atom stereocenters. The number of aromatic nitrogens is 6. The number of nitrogens with two attached hydrogens (primary N) is 3. The van der Waals surface area contributed by atoms with Crippen LogP contribution >= 0.6 is 34.8 Å². The van der Waals surface area contributed by atoms with Crippen molar-refractivity contribution in [2.75, 3.05) is 84.4 Å². The number of anilines is 4. The Balaban J connectivity index is 0.000000221. The van der Waals surface area contributed by atoms with Crippen LogP contribution in [0, 0.1) is 0 Å². The first kappa shape index (κ1) is 61.7. The molecule has 0 radical (unpaired) electrons. The summed E-state index contributed by atoms with van der Waals surface area (Å²) >= 11 is 16.9. The third kappa shape index (κ3) is 23.3. The molecule has 3 aromatic heterocycles. The van der Waals surface area contributed by atoms with Crippen LogP contribution in [0.5, 0.6) is 35.3 Å². The Kier molecular flexibility index (Phi) is 27.2. The fourth-order valence-corrected chi connectivity index (χ4v) is 7.01. The minimum atomic E-state index is -1.43. The van der Waals surface area contributed by atoms with Crippen molar-refractivity contribution in [1.29, 1.82) is 0 Å². The molecule has 0 unspecified atom stereocenters. The number of benzene rings is 5. The summed E-state index contributed by atoms with van der Waals surface area (Å²) in [6, 6.07) is 43.7. The van der Waals surface area contributed by atoms with E-state index in [0.717, 1.165) is 60.9 Å². The van der Waals surface area contributed by atoms with Gasteiger partial charge in [0.2, 0.25) is 0 Å². The maximum atomic E-state index is 8.65. The Morgan fingerprint density at radius 3 is 1.26 bits per heavy atom. The zero-order chi connectivity index (χ0) is 56.0. The van der Waals surface area contributed by atoms with Gasteiger partial charge in [-0.2, -0.15) is 29.9 Å². The van der Waals surface area contributed by atoms with Crippen molar-refractivity contribution < 1.29 is 38.5 Å². The fourth-order valence-electron chi connectivity index (χ4n) is 6.43. The van der Waals surface area contributed by atoms with Crippen molar-refractivity contribution in [3.05, 3.63) is 172 Å². The minimum Gasteiger partial charge on any atom is -0.497 e. The monoisotopic (exact) mass is 1110 g/mol. The molecule has 8 rings (SSSR count). The van der Waals surface area contributed by atoms with E-state index in [1.54, 1.807) is 52.7 Å². The molecule has 5 aromatic carbocycles. The molecule has 0 spiro atoms. The number of nitrogens with one attached hydrogen (secondary N) is 2. The number of hydrogen-bond donors (Lipinski definition) is 7. The summed E-state index contributed by atoms with van der Waals surface area (Å²) in [5, 5.41) is 24.7. The molecule has 0 saturated heterocycles. The van der Waals surface area contributed by atoms with Crippen LogP contribution < -0.4 is 61.7 Å². The first-order valence-corrected chi connectivity index (χ1v) is 24.7. The first-order chi connectivity index (χ1) is 37.2. The van der Waals surface area contributed by atoms with Gasteiger partial charge in [0.1, 0.15) is 44.3 Å². The fraction of sp³-hybridized carbons (Fsp3) is 0.222. The molecule has 8 aromatic rings. The smallest absolute Gasteiger partial charge is 0.488 e. The van der Waals surface area contributed by atoms with Gasteiger partial charge >= 0.3 is 25.1 Å². The van der Waals surface area contributed by atoms with Gasteiger partial charge in [0, 0.05) is 48.2 Å². The highest BCUT2D eigenvalue weighted by Gasteiger charge is 2.10. The molecule has 19 nitrogen and oxygen atoms in total. The largest absolute Gasteiger partial charge is 0.497 e. The van der Waals surface area contributed by atoms with E-state index in [-0.39, 0.29) is 22.3 Å². The second-order valence-corrected chi connectivity index (χ2v) is 17.0. The van der Waals surface area contributed by atoms with E-state index >= 15 is 0 Å². The van der Waals surface area contributed by atoms with Crippen LogP contribution in [0.25, 0.3) is 11.3 Å². The number of methoxy groups -OCH3 is 6. The number of halogens is 3. The number of rotatable bonds is 18. The standard InChI is InChI=1S/C20H22N4O2.C14H16ClN3O2.C9H13NO.C6H8BNO2.C5H4Cl2N2O/c1-25-17-8-6-14(7-9-17)10-11-22-19-13-18(23-20(24-19)26-2)15-4-3-5-16(21)12-15;1-19-11-5-3-10(4-6-11)7-8-16-13-9-12(15)17-14(18-13)20-2;1-11-9-4-2-8(3-5-9)6-7-10;8-6-3-1-2-5(4-6)7(9)10;1-10-5-8-3(6)2-4(7)9-5/h3-9,12-13H,10-11,21H2,1-2H3,(H,22,23,24);3-6,9H,7-8H2,1-2H3,(H,16,17,18);2-5H,6-7,10H2,1H3;1-4,9-10H,8H2;2H,1H3. The van der Waals surface area contributed by atoms with Crippen molar-refractivity contribution in [3.8, 4) is 46.5 Å². The van der Waals surface area contributed by atoms with Gasteiger partial charge in [-0.1, -0.05) is 95.5 Å². The second kappa shape index (κ2) is 33.9. The molecule has 0 aliphatic heterocycles. The predicted octanol–water partition coefficient (Wildman–Crippen LogP) is 8.14. The molecule has 0 fully saturated rings. The molecule has 10 N–H and O–H groups in total. The van der Waals surface area contributed by atoms with Crippen LogP contribution in [0.3, 0.4) is 0 Å². The highest BCUT2D eigenvalue weighted by Crippen LogP contribution is 2.24. The van der Waals surface area contributed by atoms with Crippen LogP contribution in [0.15, 0.2) is 140 Å². The molecule has 0 amide bonds. The van der Waals surface area contributed by atoms with Crippen LogP contribution in [0.1, 0.15) is 16.7 Å². The molecule has 0 aliphatic rings. The molecule has 3 heterocycles. The van der Waals surface area contributed by atoms with Crippen LogP contribution in [0.4, 0.5) is 23.0 Å². The third-order valence-electron chi connectivity index (χ3n) is 10.3. The van der Waals surface area contributed by atoms with Crippen molar-refractivity contribution in [3.63, 3.8) is 0 Å². The van der Waals surface area contributed by atoms with E-state index in [1.807, 2.05) is 91.0 Å². The SMILES string of the molecule is COc1ccc(CCN)cc1.COc1ccc(CCNc2cc(-c3cccc(N)c3)nc(OC)n2)cc1.COc1ccc(CCNc2cc(Cl)nc(OC)n2)cc1.COc1nc(Cl)cc(Cl)n1.Nc1cccc(B(O)O)c1. The summed E-state index contributed by atoms with van der Waals surface area (Å²) in [4.78, 5) is 24.2. The zero-order valence-electron chi connectivity index (χ0n) is 43.5. The average Bonchev–Trinajstić information content (AvgIpc) is 3.44. The van der Waals surface area contributed by atoms with Gasteiger partial charge in [-0.3, -0.25) is 0 Å². The van der Waals surface area contributed by atoms with Crippen LogP contribution in [0.2, 0.25) is 15.5 Å². The Morgan fingerprint density at radius 1 is 0.455 bits per heavy atom. The molecule has 0 aliphatic carbocycles. The highest BCUT2D eigenvalue weighted by atomic mass is 35.5. The van der Waals surface area contributed by atoms with E-state index in [4.69, 9.17) is 85.7 Å². The summed E-state index contributed by atoms with van der Waals surface area (Å²) in [6.45, 7) is 2.18. The van der Waals surface area contributed by atoms with Gasteiger partial charge in [-0.25, -0.2) is 0 Å². The van der Waals surface area contributed by atoms with E-state index in [1.165, 1.54) is 43.0 Å². The average molecular weight is 1110 g/mol. The number of hydrogen-bond acceptors (Lipinski definition) is 19. The highest BCUT2D eigenvalue weighted by molar-refractivity contribution is 6.58. The maximum Gasteiger partial charge on any atom is 0.488 e. The molecule has 0 bridgehead atoms. The number of nitrogen functional groups attached to an aromatic ring is 2. The van der Waals surface area contributed by atoms with Crippen molar-refractivity contribution >= 4 is 70.4 Å². The van der Waals surface area contributed by atoms with Gasteiger partial charge in [0.25, 0.3) is 0 Å². The lowest BCUT2D eigenvalue weighted by Crippen LogP contribution is -2.29. The van der Waals surface area contributed by atoms with Gasteiger partial charge in [-0.05, 0) is 109 Å². The lowest BCUT2D eigenvalue weighted by molar-refractivity contribution is 0.380. The van der Waals surface area contributed by atoms with Gasteiger partial charge in [0.15, 0.2) is 0 Å². The van der Waals surface area contributed by atoms with Crippen molar-refractivity contribution in [1.82, 2.24) is 29.9 Å². The lowest BCUT2D eigenvalue weighted by Gasteiger charge is -2.10. The van der Waals surface area contributed by atoms with Gasteiger partial charge in [0.05, 0.1) is 48.4 Å². The second-order valence-electron chi connectivity index (χ2n) is 15.8. The van der Waals surface area contributed by atoms with Crippen LogP contribution in [-0.2, 0) is 19.3 Å². The topological polar surface area (TPSA) is 275 Å². The molecular weight excluding hydrogens is 1050 g/mol. The Bertz CT molecular complexity index is 2950. The summed E-state index contributed by atoms with van der Waals surface area (Å²) in [5.41, 5.74) is 23.7. The first-order valence-electron chi connectivity index (χ1n) is 23.6. The van der Waals surface area contributed by atoms with Gasteiger partial charge in [-0.15, -0.1) is 0 Å². The molecule has 406 valence electrons. The number of ether oxygens (including phenoxy) is 6. The Morgan fingerprint density at radius 2 is 0.857 bits per heavy atom. The zero-order valence-corrected chi connectivity index (χ0v) is 45.8. The Hall–Kier alpha value is -7.85. The summed E-state index contributed by atoms with van der Waals surface area (Å²) < 4.78 is 30.2. The van der Waals surface area contributed by atoms with Gasteiger partial charge < -0.3 is 66.3 Å². The summed E-state index contributed by atoms with van der Waals surface area (Å²) in [6.07, 6.45) is 2.67. The normalized spacial score (nSPS) is 9.97. The summed E-state index contributed by atoms with van der Waals surface area (Å²) in [7, 11) is 8.06. The molecular formula is C54H63BCl3N11O8. The molecule has 23 heteroatoms. The van der Waals surface area contributed by atoms with Crippen LogP contribution in [-0.4, -0.2) is 109 Å². The van der Waals surface area contributed by atoms with Crippen molar-refractivity contribution in [2.45, 2.75) is 19.3 Å². The molecule has 0 saturated carbocycles. The molecule has 77 heavy (non-hydrogen) atoms. The van der Waals surface area contributed by atoms with E-state index < -0.39 is 7.12 Å². The summed E-state index contributed by atoms with van der Waals surface area (Å²) in [5.74, 6) is 3.96. The van der Waals surface area contributed by atoms with E-state index in [9.17, 15) is 0 Å². The minimum absolute atomic E-state index is 0.178. The third-order valence-corrected chi connectivity index (χ3v) is 10.9. The lowest BCUT2D eigenvalue weighted by atomic mass is 9.80. The number of nitrogens with zero attached hydrogens (tertiary/aromatic N) is 6. The maximum absolute atomic E-state index is 8.65.